The van der Waals surface area contributed by atoms with E-state index in [1.807, 2.05) is 12.1 Å². The standard InChI is InChI=1S/C32H34N2O2/c1-23(28-17-9-14-24-12-5-7-15-29(24)28)33-20-26-18-19-34(22-31(26)25-10-3-2-4-11-25)21-27-13-6-8-16-30(27)32(35)36/h2-17,23,26,31,33H,18-22H2,1H3,(H,35,36)/t23-,26?,31?/m1/s1. The molecule has 0 bridgehead atoms. The van der Waals surface area contributed by atoms with Gasteiger partial charge in [0.05, 0.1) is 5.56 Å². The first-order valence-corrected chi connectivity index (χ1v) is 12.9. The van der Waals surface area contributed by atoms with Gasteiger partial charge in [-0.2, -0.15) is 0 Å². The Morgan fingerprint density at radius 3 is 2.50 bits per heavy atom. The number of carbonyl (C=O) groups is 1. The molecule has 36 heavy (non-hydrogen) atoms. The largest absolute Gasteiger partial charge is 0.478 e. The van der Waals surface area contributed by atoms with E-state index in [-0.39, 0.29) is 6.04 Å². The number of benzene rings is 4. The molecule has 1 saturated heterocycles. The Morgan fingerprint density at radius 2 is 1.67 bits per heavy atom. The summed E-state index contributed by atoms with van der Waals surface area (Å²) in [6.45, 7) is 5.76. The number of nitrogens with one attached hydrogen (secondary N) is 1. The summed E-state index contributed by atoms with van der Waals surface area (Å²) in [4.78, 5) is 14.1. The summed E-state index contributed by atoms with van der Waals surface area (Å²) in [6, 6.07) is 33.6. The normalized spacial score (nSPS) is 19.2. The molecular weight excluding hydrogens is 444 g/mol. The molecule has 0 amide bonds. The van der Waals surface area contributed by atoms with Crippen LogP contribution < -0.4 is 5.32 Å². The minimum Gasteiger partial charge on any atom is -0.478 e. The van der Waals surface area contributed by atoms with Gasteiger partial charge >= 0.3 is 5.97 Å². The van der Waals surface area contributed by atoms with Gasteiger partial charge in [-0.25, -0.2) is 4.79 Å². The maximum absolute atomic E-state index is 11.7. The Balaban J connectivity index is 1.31. The number of fused-ring (bicyclic) bond motifs is 1. The lowest BCUT2D eigenvalue weighted by atomic mass is 9.80. The van der Waals surface area contributed by atoms with Gasteiger partial charge in [-0.05, 0) is 65.9 Å². The molecule has 4 nitrogen and oxygen atoms in total. The predicted molar refractivity (Wildman–Crippen MR) is 146 cm³/mol. The van der Waals surface area contributed by atoms with E-state index in [1.54, 1.807) is 12.1 Å². The topological polar surface area (TPSA) is 52.6 Å². The molecule has 184 valence electrons. The first kappa shape index (κ1) is 24.2. The number of likely N-dealkylation sites (tertiary alicyclic amines) is 1. The highest BCUT2D eigenvalue weighted by Crippen LogP contribution is 2.34. The van der Waals surface area contributed by atoms with E-state index in [1.165, 1.54) is 21.9 Å². The van der Waals surface area contributed by atoms with E-state index in [0.29, 0.717) is 23.9 Å². The van der Waals surface area contributed by atoms with Crippen molar-refractivity contribution in [3.8, 4) is 0 Å². The third-order valence-electron chi connectivity index (χ3n) is 7.69. The number of carboxylic acids is 1. The number of nitrogens with zero attached hydrogens (tertiary/aromatic N) is 1. The zero-order chi connectivity index (χ0) is 24.9. The minimum absolute atomic E-state index is 0.257. The van der Waals surface area contributed by atoms with Crippen LogP contribution in [0.4, 0.5) is 0 Å². The lowest BCUT2D eigenvalue weighted by Gasteiger charge is -2.40. The van der Waals surface area contributed by atoms with Gasteiger partial charge in [-0.3, -0.25) is 4.90 Å². The van der Waals surface area contributed by atoms with Crippen molar-refractivity contribution in [1.29, 1.82) is 0 Å². The molecule has 4 aromatic carbocycles. The van der Waals surface area contributed by atoms with Crippen LogP contribution in [0.15, 0.2) is 97.1 Å². The Bertz CT molecular complexity index is 1310. The predicted octanol–water partition coefficient (Wildman–Crippen LogP) is 6.49. The fourth-order valence-electron chi connectivity index (χ4n) is 5.71. The van der Waals surface area contributed by atoms with Gasteiger partial charge in [0.25, 0.3) is 0 Å². The van der Waals surface area contributed by atoms with Crippen LogP contribution in [0.2, 0.25) is 0 Å². The van der Waals surface area contributed by atoms with Crippen molar-refractivity contribution in [3.63, 3.8) is 0 Å². The summed E-state index contributed by atoms with van der Waals surface area (Å²) in [5.74, 6) is 0.0478. The van der Waals surface area contributed by atoms with Crippen molar-refractivity contribution >= 4 is 16.7 Å². The Labute approximate surface area is 213 Å². The summed E-state index contributed by atoms with van der Waals surface area (Å²) in [7, 11) is 0. The van der Waals surface area contributed by atoms with Gasteiger partial charge in [0.1, 0.15) is 0 Å². The second kappa shape index (κ2) is 11.1. The van der Waals surface area contributed by atoms with Crippen LogP contribution >= 0.6 is 0 Å². The summed E-state index contributed by atoms with van der Waals surface area (Å²) >= 11 is 0. The highest BCUT2D eigenvalue weighted by molar-refractivity contribution is 5.89. The molecule has 0 spiro atoms. The zero-order valence-corrected chi connectivity index (χ0v) is 20.8. The fourth-order valence-corrected chi connectivity index (χ4v) is 5.71. The van der Waals surface area contributed by atoms with Gasteiger partial charge in [0.2, 0.25) is 0 Å². The molecule has 1 aliphatic rings. The van der Waals surface area contributed by atoms with Crippen LogP contribution in [0.1, 0.15) is 52.4 Å². The van der Waals surface area contributed by atoms with E-state index in [0.717, 1.165) is 31.6 Å². The lowest BCUT2D eigenvalue weighted by Crippen LogP contribution is -2.42. The summed E-state index contributed by atoms with van der Waals surface area (Å²) in [5, 5.41) is 16.1. The van der Waals surface area contributed by atoms with Gasteiger partial charge in [-0.15, -0.1) is 0 Å². The molecule has 4 heteroatoms. The van der Waals surface area contributed by atoms with Crippen LogP contribution in [0.25, 0.3) is 10.8 Å². The van der Waals surface area contributed by atoms with Crippen LogP contribution in [0, 0.1) is 5.92 Å². The molecule has 2 N–H and O–H groups in total. The second-order valence-corrected chi connectivity index (χ2v) is 9.96. The van der Waals surface area contributed by atoms with Gasteiger partial charge in [0.15, 0.2) is 0 Å². The molecule has 1 heterocycles. The number of aromatic carboxylic acids is 1. The van der Waals surface area contributed by atoms with Crippen molar-refractivity contribution in [1.82, 2.24) is 10.2 Å². The number of hydrogen-bond donors (Lipinski definition) is 2. The number of rotatable bonds is 8. The molecule has 4 aromatic rings. The lowest BCUT2D eigenvalue weighted by molar-refractivity contribution is 0.0693. The van der Waals surface area contributed by atoms with Crippen molar-refractivity contribution in [2.75, 3.05) is 19.6 Å². The van der Waals surface area contributed by atoms with E-state index in [9.17, 15) is 9.90 Å². The molecule has 0 radical (unpaired) electrons. The molecular formula is C32H34N2O2. The maximum atomic E-state index is 11.7. The Hall–Kier alpha value is -3.47. The molecule has 1 fully saturated rings. The molecule has 5 rings (SSSR count). The van der Waals surface area contributed by atoms with Crippen LogP contribution in [0.5, 0.6) is 0 Å². The molecule has 0 aromatic heterocycles. The van der Waals surface area contributed by atoms with E-state index in [4.69, 9.17) is 0 Å². The van der Waals surface area contributed by atoms with Crippen molar-refractivity contribution in [2.45, 2.75) is 31.8 Å². The Morgan fingerprint density at radius 1 is 0.944 bits per heavy atom. The van der Waals surface area contributed by atoms with Crippen LogP contribution in [0.3, 0.4) is 0 Å². The number of hydrogen-bond acceptors (Lipinski definition) is 3. The SMILES string of the molecule is C[C@@H](NCC1CCN(Cc2ccccc2C(=O)O)CC1c1ccccc1)c1cccc2ccccc12. The van der Waals surface area contributed by atoms with Crippen molar-refractivity contribution < 1.29 is 9.90 Å². The quantitative estimate of drug-likeness (QED) is 0.304. The molecule has 0 aliphatic carbocycles. The minimum atomic E-state index is -0.855. The fraction of sp³-hybridized carbons (Fsp3) is 0.281. The van der Waals surface area contributed by atoms with Gasteiger partial charge < -0.3 is 10.4 Å². The summed E-state index contributed by atoms with van der Waals surface area (Å²) < 4.78 is 0. The third-order valence-corrected chi connectivity index (χ3v) is 7.69. The van der Waals surface area contributed by atoms with E-state index >= 15 is 0 Å². The third kappa shape index (κ3) is 5.35. The average molecular weight is 479 g/mol. The Kier molecular flexibility index (Phi) is 7.45. The van der Waals surface area contributed by atoms with Gasteiger partial charge in [-0.1, -0.05) is 91.0 Å². The maximum Gasteiger partial charge on any atom is 0.336 e. The highest BCUT2D eigenvalue weighted by atomic mass is 16.4. The first-order valence-electron chi connectivity index (χ1n) is 12.9. The molecule has 1 aliphatic heterocycles. The monoisotopic (exact) mass is 478 g/mol. The molecule has 0 saturated carbocycles. The van der Waals surface area contributed by atoms with Gasteiger partial charge in [0, 0.05) is 25.0 Å². The molecule has 3 atom stereocenters. The number of piperidine rings is 1. The first-order chi connectivity index (χ1) is 17.6. The average Bonchev–Trinajstić information content (AvgIpc) is 2.92. The van der Waals surface area contributed by atoms with E-state index < -0.39 is 5.97 Å². The summed E-state index contributed by atoms with van der Waals surface area (Å²) in [6.07, 6.45) is 1.07. The van der Waals surface area contributed by atoms with E-state index in [2.05, 4.69) is 89.9 Å². The van der Waals surface area contributed by atoms with Crippen LogP contribution in [-0.2, 0) is 6.54 Å². The van der Waals surface area contributed by atoms with Crippen molar-refractivity contribution in [2.24, 2.45) is 5.92 Å². The molecule has 2 unspecified atom stereocenters. The highest BCUT2D eigenvalue weighted by Gasteiger charge is 2.31. The second-order valence-electron chi connectivity index (χ2n) is 9.96. The smallest absolute Gasteiger partial charge is 0.336 e. The number of carboxylic acid groups (broad SMARTS) is 1. The zero-order valence-electron chi connectivity index (χ0n) is 20.8. The van der Waals surface area contributed by atoms with Crippen molar-refractivity contribution in [3.05, 3.63) is 119 Å². The van der Waals surface area contributed by atoms with Crippen LogP contribution in [-0.4, -0.2) is 35.6 Å². The summed E-state index contributed by atoms with van der Waals surface area (Å²) in [5.41, 5.74) is 3.99.